The van der Waals surface area contributed by atoms with Crippen LogP contribution in [0.15, 0.2) is 42.5 Å². The van der Waals surface area contributed by atoms with Crippen LogP contribution in [0.4, 0.5) is 8.78 Å². The number of halogens is 2. The molecule has 0 aromatic heterocycles. The summed E-state index contributed by atoms with van der Waals surface area (Å²) in [4.78, 5) is 0. The number of benzene rings is 2. The van der Waals surface area contributed by atoms with Crippen LogP contribution < -0.4 is 5.32 Å². The van der Waals surface area contributed by atoms with Crippen LogP contribution in [0.2, 0.25) is 0 Å². The molecule has 20 heavy (non-hydrogen) atoms. The van der Waals surface area contributed by atoms with Crippen molar-refractivity contribution in [2.75, 3.05) is 7.05 Å². The topological polar surface area (TPSA) is 12.0 Å². The van der Waals surface area contributed by atoms with Gasteiger partial charge >= 0.3 is 0 Å². The number of rotatable bonds is 5. The summed E-state index contributed by atoms with van der Waals surface area (Å²) >= 11 is 0. The Morgan fingerprint density at radius 1 is 1.00 bits per heavy atom. The van der Waals surface area contributed by atoms with Crippen LogP contribution >= 0.6 is 0 Å². The van der Waals surface area contributed by atoms with Gasteiger partial charge < -0.3 is 5.32 Å². The lowest BCUT2D eigenvalue weighted by Gasteiger charge is -2.18. The molecular weight excluding hydrogens is 256 g/mol. The van der Waals surface area contributed by atoms with Gasteiger partial charge in [-0.15, -0.1) is 0 Å². The minimum atomic E-state index is -0.490. The van der Waals surface area contributed by atoms with Gasteiger partial charge in [-0.1, -0.05) is 37.3 Å². The minimum absolute atomic E-state index is 0.104. The standard InChI is InChI=1S/C17H19F2N/c1-3-12-7-9-13(10-8-12)17(20-2)11-14-15(18)5-4-6-16(14)19/h4-10,17,20H,3,11H2,1-2H3. The van der Waals surface area contributed by atoms with E-state index in [0.717, 1.165) is 12.0 Å². The number of nitrogens with one attached hydrogen (secondary N) is 1. The third-order valence-electron chi connectivity index (χ3n) is 3.61. The molecule has 0 spiro atoms. The first kappa shape index (κ1) is 14.7. The fraction of sp³-hybridized carbons (Fsp3) is 0.294. The Hall–Kier alpha value is -1.74. The Kier molecular flexibility index (Phi) is 4.85. The van der Waals surface area contributed by atoms with Crippen LogP contribution in [0, 0.1) is 11.6 Å². The molecule has 1 N–H and O–H groups in total. The van der Waals surface area contributed by atoms with E-state index >= 15 is 0 Å². The van der Waals surface area contributed by atoms with Gasteiger partial charge in [-0.25, -0.2) is 8.78 Å². The Labute approximate surface area is 118 Å². The van der Waals surface area contributed by atoms with Crippen molar-refractivity contribution in [2.45, 2.75) is 25.8 Å². The number of hydrogen-bond donors (Lipinski definition) is 1. The minimum Gasteiger partial charge on any atom is -0.313 e. The van der Waals surface area contributed by atoms with Gasteiger partial charge in [0.2, 0.25) is 0 Å². The molecule has 2 aromatic carbocycles. The van der Waals surface area contributed by atoms with Crippen molar-refractivity contribution in [3.8, 4) is 0 Å². The average Bonchev–Trinajstić information content (AvgIpc) is 2.47. The van der Waals surface area contributed by atoms with Crippen molar-refractivity contribution < 1.29 is 8.78 Å². The molecule has 0 amide bonds. The summed E-state index contributed by atoms with van der Waals surface area (Å²) in [6.45, 7) is 2.10. The molecule has 1 nitrogen and oxygen atoms in total. The summed E-state index contributed by atoms with van der Waals surface area (Å²) in [6.07, 6.45) is 1.27. The fourth-order valence-electron chi connectivity index (χ4n) is 2.30. The SMILES string of the molecule is CCc1ccc(C(Cc2c(F)cccc2F)NC)cc1. The summed E-state index contributed by atoms with van der Waals surface area (Å²) < 4.78 is 27.4. The highest BCUT2D eigenvalue weighted by molar-refractivity contribution is 5.28. The average molecular weight is 275 g/mol. The van der Waals surface area contributed by atoms with Crippen molar-refractivity contribution in [3.05, 3.63) is 70.8 Å². The van der Waals surface area contributed by atoms with Gasteiger partial charge in [0.05, 0.1) is 0 Å². The first-order chi connectivity index (χ1) is 9.65. The predicted octanol–water partition coefficient (Wildman–Crippen LogP) is 4.03. The van der Waals surface area contributed by atoms with Gasteiger partial charge in [0.25, 0.3) is 0 Å². The second-order valence-corrected chi connectivity index (χ2v) is 4.84. The van der Waals surface area contributed by atoms with E-state index in [9.17, 15) is 8.78 Å². The summed E-state index contributed by atoms with van der Waals surface area (Å²) in [5.41, 5.74) is 2.42. The lowest BCUT2D eigenvalue weighted by Crippen LogP contribution is -2.20. The quantitative estimate of drug-likeness (QED) is 0.868. The molecule has 106 valence electrons. The van der Waals surface area contributed by atoms with E-state index in [1.54, 1.807) is 7.05 Å². The smallest absolute Gasteiger partial charge is 0.129 e. The zero-order valence-corrected chi connectivity index (χ0v) is 11.8. The Morgan fingerprint density at radius 3 is 2.10 bits per heavy atom. The van der Waals surface area contributed by atoms with E-state index in [1.165, 1.54) is 23.8 Å². The Morgan fingerprint density at radius 2 is 1.60 bits per heavy atom. The number of likely N-dealkylation sites (N-methyl/N-ethyl adjacent to an activating group) is 1. The molecule has 0 fully saturated rings. The van der Waals surface area contributed by atoms with Crippen LogP contribution in [-0.2, 0) is 12.8 Å². The Bertz CT molecular complexity index is 543. The van der Waals surface area contributed by atoms with E-state index in [-0.39, 0.29) is 11.6 Å². The fourth-order valence-corrected chi connectivity index (χ4v) is 2.30. The maximum atomic E-state index is 13.7. The monoisotopic (exact) mass is 275 g/mol. The molecule has 0 bridgehead atoms. The van der Waals surface area contributed by atoms with Crippen LogP contribution in [0.25, 0.3) is 0 Å². The molecule has 0 saturated carbocycles. The molecule has 0 heterocycles. The Balaban J connectivity index is 2.24. The van der Waals surface area contributed by atoms with Gasteiger partial charge in [-0.3, -0.25) is 0 Å². The van der Waals surface area contributed by atoms with E-state index < -0.39 is 11.6 Å². The van der Waals surface area contributed by atoms with Crippen molar-refractivity contribution in [2.24, 2.45) is 0 Å². The normalized spacial score (nSPS) is 12.4. The summed E-state index contributed by atoms with van der Waals surface area (Å²) in [7, 11) is 1.80. The van der Waals surface area contributed by atoms with E-state index in [1.807, 2.05) is 12.1 Å². The van der Waals surface area contributed by atoms with Gasteiger partial charge in [-0.2, -0.15) is 0 Å². The molecular formula is C17H19F2N. The van der Waals surface area contributed by atoms with Crippen LogP contribution in [-0.4, -0.2) is 7.05 Å². The van der Waals surface area contributed by atoms with E-state index in [0.29, 0.717) is 6.42 Å². The molecule has 0 saturated heterocycles. The van der Waals surface area contributed by atoms with Crippen LogP contribution in [0.1, 0.15) is 29.7 Å². The van der Waals surface area contributed by atoms with E-state index in [4.69, 9.17) is 0 Å². The lowest BCUT2D eigenvalue weighted by atomic mass is 9.97. The second-order valence-electron chi connectivity index (χ2n) is 4.84. The summed E-state index contributed by atoms with van der Waals surface area (Å²) in [6, 6.07) is 12.0. The van der Waals surface area contributed by atoms with Gasteiger partial charge in [-0.05, 0) is 43.1 Å². The van der Waals surface area contributed by atoms with Gasteiger partial charge in [0.1, 0.15) is 11.6 Å². The third kappa shape index (κ3) is 3.23. The first-order valence-electron chi connectivity index (χ1n) is 6.84. The number of aryl methyl sites for hydroxylation is 1. The maximum absolute atomic E-state index is 13.7. The van der Waals surface area contributed by atoms with E-state index in [2.05, 4.69) is 24.4 Å². The van der Waals surface area contributed by atoms with Gasteiger partial charge in [0.15, 0.2) is 0 Å². The molecule has 2 rings (SSSR count). The highest BCUT2D eigenvalue weighted by Gasteiger charge is 2.16. The predicted molar refractivity (Wildman–Crippen MR) is 77.7 cm³/mol. The highest BCUT2D eigenvalue weighted by atomic mass is 19.1. The first-order valence-corrected chi connectivity index (χ1v) is 6.84. The van der Waals surface area contributed by atoms with Crippen molar-refractivity contribution >= 4 is 0 Å². The summed E-state index contributed by atoms with van der Waals surface area (Å²) in [5, 5.41) is 3.13. The molecule has 1 atom stereocenters. The zero-order valence-electron chi connectivity index (χ0n) is 11.8. The molecule has 2 aromatic rings. The van der Waals surface area contributed by atoms with Crippen molar-refractivity contribution in [1.29, 1.82) is 0 Å². The van der Waals surface area contributed by atoms with Crippen molar-refractivity contribution in [1.82, 2.24) is 5.32 Å². The molecule has 0 radical (unpaired) electrons. The van der Waals surface area contributed by atoms with Gasteiger partial charge in [0, 0.05) is 11.6 Å². The second kappa shape index (κ2) is 6.62. The molecule has 1 unspecified atom stereocenters. The third-order valence-corrected chi connectivity index (χ3v) is 3.61. The highest BCUT2D eigenvalue weighted by Crippen LogP contribution is 2.22. The summed E-state index contributed by atoms with van der Waals surface area (Å²) in [5.74, 6) is -0.981. The van der Waals surface area contributed by atoms with Crippen molar-refractivity contribution in [3.63, 3.8) is 0 Å². The van der Waals surface area contributed by atoms with Crippen LogP contribution in [0.3, 0.4) is 0 Å². The number of hydrogen-bond acceptors (Lipinski definition) is 1. The molecule has 3 heteroatoms. The molecule has 0 aliphatic heterocycles. The molecule has 0 aliphatic rings. The lowest BCUT2D eigenvalue weighted by molar-refractivity contribution is 0.515. The van der Waals surface area contributed by atoms with Crippen LogP contribution in [0.5, 0.6) is 0 Å². The maximum Gasteiger partial charge on any atom is 0.129 e. The zero-order chi connectivity index (χ0) is 14.5. The largest absolute Gasteiger partial charge is 0.313 e. The molecule has 0 aliphatic carbocycles.